The van der Waals surface area contributed by atoms with Gasteiger partial charge in [-0.3, -0.25) is 4.79 Å². The summed E-state index contributed by atoms with van der Waals surface area (Å²) in [4.78, 5) is 22.2. The molecule has 1 aromatic carbocycles. The van der Waals surface area contributed by atoms with Crippen molar-refractivity contribution in [2.45, 2.75) is 31.7 Å². The number of nitrogens with zero attached hydrogens (tertiary/aromatic N) is 2. The van der Waals surface area contributed by atoms with E-state index in [0.29, 0.717) is 16.1 Å². The predicted octanol–water partition coefficient (Wildman–Crippen LogP) is 3.36. The first-order valence-corrected chi connectivity index (χ1v) is 8.76. The van der Waals surface area contributed by atoms with Crippen LogP contribution in [-0.4, -0.2) is 35.0 Å². The van der Waals surface area contributed by atoms with Gasteiger partial charge < -0.3 is 15.2 Å². The lowest BCUT2D eigenvalue weighted by Gasteiger charge is -2.31. The molecule has 1 aliphatic heterocycles. The van der Waals surface area contributed by atoms with Gasteiger partial charge in [0.25, 0.3) is 0 Å². The van der Waals surface area contributed by atoms with Gasteiger partial charge in [0.15, 0.2) is 0 Å². The van der Waals surface area contributed by atoms with Crippen molar-refractivity contribution >= 4 is 46.1 Å². The number of H-pyrrole nitrogens is 1. The third-order valence-corrected chi connectivity index (χ3v) is 5.32. The lowest BCUT2D eigenvalue weighted by atomic mass is 9.96. The second-order valence-electron chi connectivity index (χ2n) is 6.39. The molecule has 0 radical (unpaired) electrons. The number of halogens is 2. The fourth-order valence-corrected chi connectivity index (χ4v) is 3.36. The lowest BCUT2D eigenvalue weighted by molar-refractivity contribution is -0.125. The van der Waals surface area contributed by atoms with Crippen LogP contribution in [0.5, 0.6) is 0 Å². The molecule has 0 atom stereocenters. The number of fused-ring (bicyclic) bond motifs is 1. The second kappa shape index (κ2) is 5.87. The number of aromatic amines is 1. The molecule has 23 heavy (non-hydrogen) atoms. The van der Waals surface area contributed by atoms with E-state index in [0.717, 1.165) is 55.8 Å². The maximum absolute atomic E-state index is 12.1. The van der Waals surface area contributed by atoms with E-state index in [4.69, 9.17) is 23.2 Å². The number of carbonyl (C=O) groups excluding carboxylic acids is 1. The van der Waals surface area contributed by atoms with Gasteiger partial charge in [0.1, 0.15) is 0 Å². The van der Waals surface area contributed by atoms with E-state index in [9.17, 15) is 4.79 Å². The maximum atomic E-state index is 12.1. The van der Waals surface area contributed by atoms with Gasteiger partial charge in [0.05, 0.1) is 21.1 Å². The molecule has 0 unspecified atom stereocenters. The van der Waals surface area contributed by atoms with Crippen LogP contribution in [0.1, 0.15) is 25.7 Å². The topological polar surface area (TPSA) is 61.0 Å². The fraction of sp³-hybridized carbons (Fsp3) is 0.500. The number of nitrogens with one attached hydrogen (secondary N) is 2. The van der Waals surface area contributed by atoms with Gasteiger partial charge in [0.2, 0.25) is 11.9 Å². The van der Waals surface area contributed by atoms with Gasteiger partial charge in [-0.2, -0.15) is 0 Å². The van der Waals surface area contributed by atoms with Crippen molar-refractivity contribution in [3.8, 4) is 0 Å². The zero-order valence-corrected chi connectivity index (χ0v) is 14.1. The van der Waals surface area contributed by atoms with E-state index in [1.807, 2.05) is 0 Å². The molecule has 4 rings (SSSR count). The number of carbonyl (C=O) groups is 1. The SMILES string of the molecule is O=C(NC1CC1)C1CCN(c2nc3cc(Cl)c(Cl)cc3[nH]2)CC1. The summed E-state index contributed by atoms with van der Waals surface area (Å²) in [5.74, 6) is 1.16. The first-order valence-electron chi connectivity index (χ1n) is 8.00. The molecular weight excluding hydrogens is 335 g/mol. The highest BCUT2D eigenvalue weighted by Gasteiger charge is 2.30. The van der Waals surface area contributed by atoms with Gasteiger partial charge in [-0.1, -0.05) is 23.2 Å². The van der Waals surface area contributed by atoms with Crippen LogP contribution in [0.25, 0.3) is 11.0 Å². The number of aromatic nitrogens is 2. The van der Waals surface area contributed by atoms with E-state index < -0.39 is 0 Å². The van der Waals surface area contributed by atoms with Crippen LogP contribution in [0.4, 0.5) is 5.95 Å². The Labute approximate surface area is 144 Å². The number of benzene rings is 1. The summed E-state index contributed by atoms with van der Waals surface area (Å²) in [6.07, 6.45) is 3.98. The standard InChI is InChI=1S/C16H18Cl2N4O/c17-11-7-13-14(8-12(11)18)21-16(20-13)22-5-3-9(4-6-22)15(23)19-10-1-2-10/h7-10H,1-6H2,(H,19,23)(H,20,21). The fourth-order valence-electron chi connectivity index (χ4n) is 3.04. The molecule has 0 bridgehead atoms. The smallest absolute Gasteiger partial charge is 0.223 e. The van der Waals surface area contributed by atoms with Gasteiger partial charge in [-0.25, -0.2) is 4.98 Å². The minimum Gasteiger partial charge on any atom is -0.353 e. The van der Waals surface area contributed by atoms with Crippen LogP contribution in [0, 0.1) is 5.92 Å². The first-order chi connectivity index (χ1) is 11.1. The Balaban J connectivity index is 1.44. The van der Waals surface area contributed by atoms with Crippen LogP contribution in [-0.2, 0) is 4.79 Å². The van der Waals surface area contributed by atoms with Gasteiger partial charge in [-0.05, 0) is 37.8 Å². The molecule has 2 N–H and O–H groups in total. The zero-order chi connectivity index (χ0) is 16.0. The molecule has 2 aliphatic rings. The Morgan fingerprint density at radius 2 is 1.87 bits per heavy atom. The normalized spacial score (nSPS) is 19.3. The minimum atomic E-state index is 0.125. The van der Waals surface area contributed by atoms with Crippen molar-refractivity contribution in [2.75, 3.05) is 18.0 Å². The molecule has 1 aromatic heterocycles. The Morgan fingerprint density at radius 3 is 2.57 bits per heavy atom. The zero-order valence-electron chi connectivity index (χ0n) is 12.6. The van der Waals surface area contributed by atoms with Gasteiger partial charge in [-0.15, -0.1) is 0 Å². The molecule has 1 aliphatic carbocycles. The number of amides is 1. The summed E-state index contributed by atoms with van der Waals surface area (Å²) in [6.45, 7) is 1.65. The van der Waals surface area contributed by atoms with E-state index in [2.05, 4.69) is 20.2 Å². The molecule has 7 heteroatoms. The van der Waals surface area contributed by atoms with Crippen molar-refractivity contribution in [1.82, 2.24) is 15.3 Å². The average molecular weight is 353 g/mol. The monoisotopic (exact) mass is 352 g/mol. The highest BCUT2D eigenvalue weighted by atomic mass is 35.5. The maximum Gasteiger partial charge on any atom is 0.223 e. The summed E-state index contributed by atoms with van der Waals surface area (Å²) in [7, 11) is 0. The number of anilines is 1. The highest BCUT2D eigenvalue weighted by Crippen LogP contribution is 2.29. The van der Waals surface area contributed by atoms with Crippen LogP contribution in [0.15, 0.2) is 12.1 Å². The molecule has 2 fully saturated rings. The van der Waals surface area contributed by atoms with Crippen molar-refractivity contribution in [3.63, 3.8) is 0 Å². The number of hydrogen-bond acceptors (Lipinski definition) is 3. The van der Waals surface area contributed by atoms with Crippen molar-refractivity contribution < 1.29 is 4.79 Å². The minimum absolute atomic E-state index is 0.125. The van der Waals surface area contributed by atoms with Crippen LogP contribution in [0.2, 0.25) is 10.0 Å². The Morgan fingerprint density at radius 1 is 1.17 bits per heavy atom. The number of hydrogen-bond donors (Lipinski definition) is 2. The molecule has 122 valence electrons. The quantitative estimate of drug-likeness (QED) is 0.890. The van der Waals surface area contributed by atoms with Crippen molar-refractivity contribution in [2.24, 2.45) is 5.92 Å². The lowest BCUT2D eigenvalue weighted by Crippen LogP contribution is -2.41. The Hall–Kier alpha value is -1.46. The molecule has 5 nitrogen and oxygen atoms in total. The van der Waals surface area contributed by atoms with Crippen molar-refractivity contribution in [3.05, 3.63) is 22.2 Å². The second-order valence-corrected chi connectivity index (χ2v) is 7.20. The summed E-state index contributed by atoms with van der Waals surface area (Å²) >= 11 is 12.1. The number of imidazole rings is 1. The molecule has 1 saturated carbocycles. The molecule has 1 amide bonds. The molecule has 1 saturated heterocycles. The largest absolute Gasteiger partial charge is 0.353 e. The Kier molecular flexibility index (Phi) is 3.85. The van der Waals surface area contributed by atoms with E-state index in [1.165, 1.54) is 0 Å². The molecule has 0 spiro atoms. The van der Waals surface area contributed by atoms with E-state index in [-0.39, 0.29) is 11.8 Å². The molecule has 2 heterocycles. The summed E-state index contributed by atoms with van der Waals surface area (Å²) < 4.78 is 0. The van der Waals surface area contributed by atoms with E-state index in [1.54, 1.807) is 12.1 Å². The summed E-state index contributed by atoms with van der Waals surface area (Å²) in [6, 6.07) is 4.01. The van der Waals surface area contributed by atoms with Gasteiger partial charge >= 0.3 is 0 Å². The predicted molar refractivity (Wildman–Crippen MR) is 92.2 cm³/mol. The third-order valence-electron chi connectivity index (χ3n) is 4.60. The van der Waals surface area contributed by atoms with Crippen molar-refractivity contribution in [1.29, 1.82) is 0 Å². The summed E-state index contributed by atoms with van der Waals surface area (Å²) in [5.41, 5.74) is 1.69. The van der Waals surface area contributed by atoms with Crippen LogP contribution < -0.4 is 10.2 Å². The van der Waals surface area contributed by atoms with E-state index >= 15 is 0 Å². The van der Waals surface area contributed by atoms with Crippen LogP contribution >= 0.6 is 23.2 Å². The molecule has 2 aromatic rings. The first kappa shape index (κ1) is 15.1. The highest BCUT2D eigenvalue weighted by molar-refractivity contribution is 6.42. The molecular formula is C16H18Cl2N4O. The third kappa shape index (κ3) is 3.12. The average Bonchev–Trinajstić information content (AvgIpc) is 3.26. The number of rotatable bonds is 3. The number of piperidine rings is 1. The van der Waals surface area contributed by atoms with Crippen LogP contribution in [0.3, 0.4) is 0 Å². The summed E-state index contributed by atoms with van der Waals surface area (Å²) in [5, 5.41) is 4.13. The van der Waals surface area contributed by atoms with Gasteiger partial charge in [0, 0.05) is 25.0 Å². The Bertz CT molecular complexity index is 709.